The van der Waals surface area contributed by atoms with E-state index in [-0.39, 0.29) is 16.8 Å². The van der Waals surface area contributed by atoms with E-state index in [2.05, 4.69) is 14.8 Å². The predicted molar refractivity (Wildman–Crippen MR) is 92.7 cm³/mol. The number of nitrogens with one attached hydrogen (secondary N) is 1. The molecule has 0 radical (unpaired) electrons. The number of methoxy groups -OCH3 is 2. The molecular weight excluding hydrogens is 342 g/mol. The Balaban J connectivity index is 2.84. The summed E-state index contributed by atoms with van der Waals surface area (Å²) >= 11 is 0. The molecule has 0 atom stereocenters. The van der Waals surface area contributed by atoms with Crippen molar-refractivity contribution >= 4 is 29.5 Å². The maximum Gasteiger partial charge on any atom is 0.337 e. The summed E-state index contributed by atoms with van der Waals surface area (Å²) in [5.41, 5.74) is 0.257. The molecule has 8 heteroatoms. The summed E-state index contributed by atoms with van der Waals surface area (Å²) in [7, 11) is 2.37. The smallest absolute Gasteiger partial charge is 0.337 e. The van der Waals surface area contributed by atoms with Crippen molar-refractivity contribution in [2.24, 2.45) is 0 Å². The largest absolute Gasteiger partial charge is 0.465 e. The van der Waals surface area contributed by atoms with Crippen molar-refractivity contribution in [1.29, 1.82) is 0 Å². The molecule has 0 heterocycles. The van der Waals surface area contributed by atoms with E-state index in [0.717, 1.165) is 0 Å². The van der Waals surface area contributed by atoms with Gasteiger partial charge in [-0.25, -0.2) is 14.4 Å². The Bertz CT molecular complexity index is 716. The van der Waals surface area contributed by atoms with Crippen LogP contribution in [-0.2, 0) is 23.8 Å². The molecule has 0 fully saturated rings. The lowest BCUT2D eigenvalue weighted by Gasteiger charge is -2.09. The zero-order chi connectivity index (χ0) is 19.5. The number of benzene rings is 1. The number of anilines is 1. The van der Waals surface area contributed by atoms with Gasteiger partial charge in [-0.15, -0.1) is 0 Å². The lowest BCUT2D eigenvalue weighted by Crippen LogP contribution is -2.20. The highest BCUT2D eigenvalue weighted by molar-refractivity contribution is 6.00. The Morgan fingerprint density at radius 1 is 0.962 bits per heavy atom. The van der Waals surface area contributed by atoms with Gasteiger partial charge >= 0.3 is 17.9 Å². The van der Waals surface area contributed by atoms with Crippen LogP contribution in [0.15, 0.2) is 42.5 Å². The second-order valence-corrected chi connectivity index (χ2v) is 4.82. The summed E-state index contributed by atoms with van der Waals surface area (Å²) in [4.78, 5) is 46.7. The first-order valence-corrected chi connectivity index (χ1v) is 7.49. The molecule has 1 aromatic carbocycles. The lowest BCUT2D eigenvalue weighted by molar-refractivity contribution is -0.142. The fraction of sp³-hybridized carbons (Fsp3) is 0.222. The molecule has 1 N–H and O–H groups in total. The summed E-state index contributed by atoms with van der Waals surface area (Å²) in [5.74, 6) is -2.70. The predicted octanol–water partition coefficient (Wildman–Crippen LogP) is 1.87. The van der Waals surface area contributed by atoms with Crippen molar-refractivity contribution in [3.8, 4) is 0 Å². The third kappa shape index (κ3) is 6.60. The zero-order valence-electron chi connectivity index (χ0n) is 14.6. The van der Waals surface area contributed by atoms with E-state index in [1.54, 1.807) is 19.1 Å². The number of hydrogen-bond acceptors (Lipinski definition) is 7. The van der Waals surface area contributed by atoms with Crippen molar-refractivity contribution in [3.63, 3.8) is 0 Å². The van der Waals surface area contributed by atoms with E-state index >= 15 is 0 Å². The van der Waals surface area contributed by atoms with Crippen LogP contribution < -0.4 is 5.32 Å². The fourth-order valence-corrected chi connectivity index (χ4v) is 1.80. The molecule has 0 bridgehead atoms. The minimum Gasteiger partial charge on any atom is -0.465 e. The molecule has 1 amide bonds. The van der Waals surface area contributed by atoms with Crippen molar-refractivity contribution in [3.05, 3.63) is 53.6 Å². The molecule has 0 aliphatic rings. The van der Waals surface area contributed by atoms with Crippen LogP contribution in [0.25, 0.3) is 0 Å². The van der Waals surface area contributed by atoms with Crippen LogP contribution in [0, 0.1) is 0 Å². The van der Waals surface area contributed by atoms with E-state index in [1.165, 1.54) is 44.6 Å². The van der Waals surface area contributed by atoms with Crippen LogP contribution in [0.4, 0.5) is 5.69 Å². The summed E-state index contributed by atoms with van der Waals surface area (Å²) in [6.45, 7) is 1.25. The van der Waals surface area contributed by atoms with E-state index in [0.29, 0.717) is 0 Å². The van der Waals surface area contributed by atoms with Gasteiger partial charge < -0.3 is 19.5 Å². The Morgan fingerprint density at radius 3 is 2.04 bits per heavy atom. The average molecular weight is 361 g/mol. The van der Waals surface area contributed by atoms with Gasteiger partial charge in [0.25, 0.3) is 5.91 Å². The lowest BCUT2D eigenvalue weighted by atomic mass is 10.1. The molecule has 26 heavy (non-hydrogen) atoms. The van der Waals surface area contributed by atoms with Gasteiger partial charge in [-0.3, -0.25) is 4.79 Å². The van der Waals surface area contributed by atoms with E-state index in [1.807, 2.05) is 0 Å². The maximum absolute atomic E-state index is 11.9. The second kappa shape index (κ2) is 10.4. The number of allylic oxidation sites excluding steroid dienone is 3. The zero-order valence-corrected chi connectivity index (χ0v) is 14.6. The summed E-state index contributed by atoms with van der Waals surface area (Å²) < 4.78 is 14.0. The molecular formula is C18H19NO7. The minimum atomic E-state index is -0.688. The van der Waals surface area contributed by atoms with Crippen molar-refractivity contribution in [2.75, 3.05) is 26.1 Å². The fourth-order valence-electron chi connectivity index (χ4n) is 1.80. The van der Waals surface area contributed by atoms with E-state index < -0.39 is 30.4 Å². The third-order valence-electron chi connectivity index (χ3n) is 2.94. The number of amides is 1. The summed E-state index contributed by atoms with van der Waals surface area (Å²) in [6, 6.07) is 3.92. The van der Waals surface area contributed by atoms with Gasteiger partial charge in [-0.1, -0.05) is 18.2 Å². The monoisotopic (exact) mass is 361 g/mol. The van der Waals surface area contributed by atoms with E-state index in [4.69, 9.17) is 4.74 Å². The van der Waals surface area contributed by atoms with Crippen LogP contribution in [0.3, 0.4) is 0 Å². The van der Waals surface area contributed by atoms with Gasteiger partial charge in [0, 0.05) is 11.8 Å². The molecule has 0 unspecified atom stereocenters. The molecule has 0 saturated heterocycles. The third-order valence-corrected chi connectivity index (χ3v) is 2.94. The standard InChI is InChI=1S/C18H19NO7/c1-4-5-6-7-16(21)26-11-15(20)19-14-9-12(17(22)24-2)8-13(10-14)18(23)25-3/h4-10H,11H2,1-3H3,(H,19,20)/b5-4+,7-6+. The Kier molecular flexibility index (Phi) is 8.29. The molecule has 0 spiro atoms. The Labute approximate surface area is 150 Å². The summed E-state index contributed by atoms with van der Waals surface area (Å²) in [5, 5.41) is 2.43. The highest BCUT2D eigenvalue weighted by atomic mass is 16.5. The number of rotatable bonds is 7. The van der Waals surface area contributed by atoms with Crippen LogP contribution in [0.2, 0.25) is 0 Å². The van der Waals surface area contributed by atoms with Crippen molar-refractivity contribution in [2.45, 2.75) is 6.92 Å². The average Bonchev–Trinajstić information content (AvgIpc) is 2.64. The Morgan fingerprint density at radius 2 is 1.54 bits per heavy atom. The number of carbonyl (C=O) groups is 4. The first-order chi connectivity index (χ1) is 12.4. The molecule has 0 aliphatic carbocycles. The summed E-state index contributed by atoms with van der Waals surface area (Å²) in [6.07, 6.45) is 6.00. The molecule has 1 aromatic rings. The van der Waals surface area contributed by atoms with Gasteiger partial charge in [-0.2, -0.15) is 0 Å². The minimum absolute atomic E-state index is 0.0528. The van der Waals surface area contributed by atoms with Crippen molar-refractivity contribution < 1.29 is 33.4 Å². The topological polar surface area (TPSA) is 108 Å². The molecule has 1 rings (SSSR count). The van der Waals surface area contributed by atoms with Crippen LogP contribution >= 0.6 is 0 Å². The van der Waals surface area contributed by atoms with Crippen LogP contribution in [0.1, 0.15) is 27.6 Å². The molecule has 0 saturated carbocycles. The Hall–Kier alpha value is -3.42. The second-order valence-electron chi connectivity index (χ2n) is 4.82. The van der Waals surface area contributed by atoms with Crippen molar-refractivity contribution in [1.82, 2.24) is 0 Å². The normalized spacial score (nSPS) is 10.6. The quantitative estimate of drug-likeness (QED) is 0.342. The van der Waals surface area contributed by atoms with Gasteiger partial charge in [0.2, 0.25) is 0 Å². The van der Waals surface area contributed by atoms with Gasteiger partial charge in [0.05, 0.1) is 25.3 Å². The van der Waals surface area contributed by atoms with Crippen LogP contribution in [-0.4, -0.2) is 44.6 Å². The van der Waals surface area contributed by atoms with Gasteiger partial charge in [0.1, 0.15) is 0 Å². The molecule has 0 aromatic heterocycles. The first-order valence-electron chi connectivity index (χ1n) is 7.49. The molecule has 138 valence electrons. The maximum atomic E-state index is 11.9. The van der Waals surface area contributed by atoms with Gasteiger partial charge in [0.15, 0.2) is 6.61 Å². The highest BCUT2D eigenvalue weighted by Gasteiger charge is 2.15. The van der Waals surface area contributed by atoms with Gasteiger partial charge in [-0.05, 0) is 25.1 Å². The SMILES string of the molecule is C/C=C/C=C/C(=O)OCC(=O)Nc1cc(C(=O)OC)cc(C(=O)OC)c1. The number of esters is 3. The molecule has 8 nitrogen and oxygen atoms in total. The van der Waals surface area contributed by atoms with E-state index in [9.17, 15) is 19.2 Å². The number of hydrogen-bond donors (Lipinski definition) is 1. The number of carbonyl (C=O) groups excluding carboxylic acids is 4. The number of ether oxygens (including phenoxy) is 3. The molecule has 0 aliphatic heterocycles. The first kappa shape index (κ1) is 20.6. The van der Waals surface area contributed by atoms with Crippen LogP contribution in [0.5, 0.6) is 0 Å². The highest BCUT2D eigenvalue weighted by Crippen LogP contribution is 2.17.